The van der Waals surface area contributed by atoms with Gasteiger partial charge in [0.25, 0.3) is 0 Å². The third-order valence-electron chi connectivity index (χ3n) is 5.35. The lowest BCUT2D eigenvalue weighted by Gasteiger charge is -2.37. The summed E-state index contributed by atoms with van der Waals surface area (Å²) < 4.78 is 5.89. The van der Waals surface area contributed by atoms with Crippen molar-refractivity contribution in [3.63, 3.8) is 0 Å². The zero-order chi connectivity index (χ0) is 20.8. The molecule has 0 bridgehead atoms. The van der Waals surface area contributed by atoms with Crippen LogP contribution >= 0.6 is 0 Å². The van der Waals surface area contributed by atoms with Gasteiger partial charge < -0.3 is 14.5 Å². The van der Waals surface area contributed by atoms with E-state index in [1.165, 1.54) is 11.1 Å². The molecule has 1 aliphatic heterocycles. The van der Waals surface area contributed by atoms with Gasteiger partial charge in [-0.15, -0.1) is 0 Å². The molecular formula is C22H31N5O2. The number of likely N-dealkylation sites (N-methyl/N-ethyl adjacent to an activating group) is 1. The average Bonchev–Trinajstić information content (AvgIpc) is 2.72. The summed E-state index contributed by atoms with van der Waals surface area (Å²) in [6.45, 7) is 10.2. The van der Waals surface area contributed by atoms with Crippen LogP contribution in [0.25, 0.3) is 0 Å². The Hall–Kier alpha value is -2.67. The highest BCUT2D eigenvalue weighted by atomic mass is 16.5. The minimum atomic E-state index is -0.183. The number of hydrogen-bond acceptors (Lipinski definition) is 6. The van der Waals surface area contributed by atoms with E-state index in [-0.39, 0.29) is 11.9 Å². The van der Waals surface area contributed by atoms with Gasteiger partial charge in [-0.1, -0.05) is 6.07 Å². The van der Waals surface area contributed by atoms with Gasteiger partial charge in [-0.25, -0.2) is 9.97 Å². The maximum absolute atomic E-state index is 12.9. The summed E-state index contributed by atoms with van der Waals surface area (Å²) in [5.74, 6) is 1.77. The number of benzene rings is 1. The van der Waals surface area contributed by atoms with E-state index in [9.17, 15) is 4.79 Å². The van der Waals surface area contributed by atoms with E-state index in [1.807, 2.05) is 37.1 Å². The number of ether oxygens (including phenoxy) is 1. The number of anilines is 1. The van der Waals surface area contributed by atoms with Gasteiger partial charge in [0.05, 0.1) is 6.04 Å². The first kappa shape index (κ1) is 21.0. The lowest BCUT2D eigenvalue weighted by atomic mass is 10.1. The Labute approximate surface area is 173 Å². The van der Waals surface area contributed by atoms with Gasteiger partial charge in [-0.3, -0.25) is 9.69 Å². The number of carbonyl (C=O) groups is 1. The van der Waals surface area contributed by atoms with Crippen molar-refractivity contribution in [2.45, 2.75) is 26.8 Å². The molecule has 0 saturated carbocycles. The summed E-state index contributed by atoms with van der Waals surface area (Å²) in [6.07, 6.45) is 3.49. The van der Waals surface area contributed by atoms with Crippen molar-refractivity contribution in [1.29, 1.82) is 0 Å². The summed E-state index contributed by atoms with van der Waals surface area (Å²) in [7, 11) is 1.97. The molecule has 1 aliphatic rings. The van der Waals surface area contributed by atoms with Gasteiger partial charge >= 0.3 is 0 Å². The second-order valence-corrected chi connectivity index (χ2v) is 7.69. The van der Waals surface area contributed by atoms with Crippen LogP contribution in [0.2, 0.25) is 0 Å². The fraction of sp³-hybridized carbons (Fsp3) is 0.500. The van der Waals surface area contributed by atoms with Crippen molar-refractivity contribution >= 4 is 11.9 Å². The molecule has 0 aliphatic carbocycles. The largest absolute Gasteiger partial charge is 0.492 e. The van der Waals surface area contributed by atoms with Crippen LogP contribution in [-0.2, 0) is 4.79 Å². The minimum Gasteiger partial charge on any atom is -0.492 e. The number of carbonyl (C=O) groups excluding carboxylic acids is 1. The summed E-state index contributed by atoms with van der Waals surface area (Å²) in [6, 6.07) is 7.83. The second kappa shape index (κ2) is 9.69. The van der Waals surface area contributed by atoms with E-state index in [2.05, 4.69) is 39.7 Å². The van der Waals surface area contributed by atoms with Gasteiger partial charge in [0.15, 0.2) is 0 Å². The first-order valence-corrected chi connectivity index (χ1v) is 10.2. The van der Waals surface area contributed by atoms with Gasteiger partial charge in [-0.2, -0.15) is 0 Å². The molecule has 0 spiro atoms. The quantitative estimate of drug-likeness (QED) is 0.713. The molecule has 1 saturated heterocycles. The maximum Gasteiger partial charge on any atom is 0.239 e. The van der Waals surface area contributed by atoms with Gasteiger partial charge in [0.2, 0.25) is 11.9 Å². The lowest BCUT2D eigenvalue weighted by Crippen LogP contribution is -2.54. The lowest BCUT2D eigenvalue weighted by molar-refractivity contribution is -0.136. The molecule has 3 rings (SSSR count). The first-order valence-electron chi connectivity index (χ1n) is 10.2. The number of amides is 1. The molecule has 2 aromatic rings. The number of rotatable bonds is 7. The molecule has 156 valence electrons. The zero-order valence-electron chi connectivity index (χ0n) is 17.8. The predicted octanol–water partition coefficient (Wildman–Crippen LogP) is 2.14. The Kier molecular flexibility index (Phi) is 7.04. The molecule has 0 radical (unpaired) electrons. The van der Waals surface area contributed by atoms with Crippen molar-refractivity contribution in [2.75, 3.05) is 51.3 Å². The standard InChI is InChI=1S/C22H31N5O2/c1-17-14-18(2)16-20(15-17)29-13-12-25(4)19(3)21(28)26-8-10-27(11-9-26)22-23-6-5-7-24-22/h5-7,14-16,19H,8-13H2,1-4H3. The van der Waals surface area contributed by atoms with Crippen LogP contribution in [0.4, 0.5) is 5.95 Å². The smallest absolute Gasteiger partial charge is 0.239 e. The zero-order valence-corrected chi connectivity index (χ0v) is 17.8. The van der Waals surface area contributed by atoms with Crippen LogP contribution < -0.4 is 9.64 Å². The average molecular weight is 398 g/mol. The summed E-state index contributed by atoms with van der Waals surface area (Å²) in [5, 5.41) is 0. The molecule has 2 heterocycles. The van der Waals surface area contributed by atoms with Crippen molar-refractivity contribution in [3.8, 4) is 5.75 Å². The molecule has 1 amide bonds. The van der Waals surface area contributed by atoms with E-state index in [0.29, 0.717) is 26.2 Å². The van der Waals surface area contributed by atoms with E-state index >= 15 is 0 Å². The molecule has 7 heteroatoms. The van der Waals surface area contributed by atoms with E-state index < -0.39 is 0 Å². The third-order valence-corrected chi connectivity index (χ3v) is 5.35. The number of aryl methyl sites for hydroxylation is 2. The molecule has 7 nitrogen and oxygen atoms in total. The van der Waals surface area contributed by atoms with Crippen LogP contribution in [-0.4, -0.2) is 78.1 Å². The van der Waals surface area contributed by atoms with Crippen LogP contribution in [0.3, 0.4) is 0 Å². The molecule has 1 aromatic heterocycles. The van der Waals surface area contributed by atoms with Crippen molar-refractivity contribution in [3.05, 3.63) is 47.8 Å². The monoisotopic (exact) mass is 397 g/mol. The van der Waals surface area contributed by atoms with Crippen molar-refractivity contribution < 1.29 is 9.53 Å². The van der Waals surface area contributed by atoms with E-state index in [0.717, 1.165) is 24.8 Å². The first-order chi connectivity index (χ1) is 13.9. The summed E-state index contributed by atoms with van der Waals surface area (Å²) in [4.78, 5) is 27.6. The van der Waals surface area contributed by atoms with E-state index in [4.69, 9.17) is 4.74 Å². The highest BCUT2D eigenvalue weighted by Gasteiger charge is 2.27. The minimum absolute atomic E-state index is 0.160. The molecule has 29 heavy (non-hydrogen) atoms. The highest BCUT2D eigenvalue weighted by molar-refractivity contribution is 5.81. The Morgan fingerprint density at radius 2 is 1.72 bits per heavy atom. The third kappa shape index (κ3) is 5.67. The topological polar surface area (TPSA) is 61.8 Å². The molecule has 0 N–H and O–H groups in total. The van der Waals surface area contributed by atoms with Gasteiger partial charge in [-0.05, 0) is 57.1 Å². The van der Waals surface area contributed by atoms with Crippen LogP contribution in [0.15, 0.2) is 36.7 Å². The van der Waals surface area contributed by atoms with Crippen LogP contribution in [0.5, 0.6) is 5.75 Å². The SMILES string of the molecule is Cc1cc(C)cc(OCCN(C)C(C)C(=O)N2CCN(c3ncccn3)CC2)c1. The Morgan fingerprint density at radius 1 is 1.10 bits per heavy atom. The second-order valence-electron chi connectivity index (χ2n) is 7.69. The van der Waals surface area contributed by atoms with Gasteiger partial charge in [0, 0.05) is 45.1 Å². The molecule has 1 fully saturated rings. The van der Waals surface area contributed by atoms with E-state index in [1.54, 1.807) is 12.4 Å². The maximum atomic E-state index is 12.9. The Morgan fingerprint density at radius 3 is 2.34 bits per heavy atom. The highest BCUT2D eigenvalue weighted by Crippen LogP contribution is 2.16. The van der Waals surface area contributed by atoms with Crippen LogP contribution in [0.1, 0.15) is 18.1 Å². The fourth-order valence-corrected chi connectivity index (χ4v) is 3.55. The fourth-order valence-electron chi connectivity index (χ4n) is 3.55. The summed E-state index contributed by atoms with van der Waals surface area (Å²) >= 11 is 0. The molecular weight excluding hydrogens is 366 g/mol. The molecule has 1 unspecified atom stereocenters. The molecule has 1 atom stereocenters. The number of aromatic nitrogens is 2. The normalized spacial score (nSPS) is 15.5. The Balaban J connectivity index is 1.44. The number of piperazine rings is 1. The number of nitrogens with zero attached hydrogens (tertiary/aromatic N) is 5. The summed E-state index contributed by atoms with van der Waals surface area (Å²) in [5.41, 5.74) is 2.38. The van der Waals surface area contributed by atoms with Crippen molar-refractivity contribution in [1.82, 2.24) is 19.8 Å². The van der Waals surface area contributed by atoms with Gasteiger partial charge in [0.1, 0.15) is 12.4 Å². The molecule has 1 aromatic carbocycles. The van der Waals surface area contributed by atoms with Crippen molar-refractivity contribution in [2.24, 2.45) is 0 Å². The van der Waals surface area contributed by atoms with Crippen LogP contribution in [0, 0.1) is 13.8 Å². The number of hydrogen-bond donors (Lipinski definition) is 0. The Bertz CT molecular complexity index is 786. The predicted molar refractivity (Wildman–Crippen MR) is 114 cm³/mol.